The van der Waals surface area contributed by atoms with E-state index in [1.54, 1.807) is 20.3 Å². The zero-order chi connectivity index (χ0) is 9.84. The van der Waals surface area contributed by atoms with Crippen LogP contribution in [0.25, 0.3) is 0 Å². The van der Waals surface area contributed by atoms with Gasteiger partial charge in [-0.3, -0.25) is 0 Å². The van der Waals surface area contributed by atoms with Gasteiger partial charge in [0.25, 0.3) is 0 Å². The number of rotatable bonds is 3. The molecule has 0 unspecified atom stereocenters. The van der Waals surface area contributed by atoms with E-state index in [2.05, 4.69) is 5.32 Å². The lowest BCUT2D eigenvalue weighted by Crippen LogP contribution is -2.00. The summed E-state index contributed by atoms with van der Waals surface area (Å²) in [5, 5.41) is 2.98. The largest absolute Gasteiger partial charge is 0.494 e. The Bertz CT molecular complexity index is 308. The van der Waals surface area contributed by atoms with E-state index in [1.165, 1.54) is 0 Å². The van der Waals surface area contributed by atoms with Gasteiger partial charge in [-0.05, 0) is 12.1 Å². The average Bonchev–Trinajstić information content (AvgIpc) is 2.17. The van der Waals surface area contributed by atoms with Crippen molar-refractivity contribution < 1.29 is 9.47 Å². The van der Waals surface area contributed by atoms with Crippen LogP contribution in [0.2, 0.25) is 0 Å². The first kappa shape index (κ1) is 16.4. The van der Waals surface area contributed by atoms with Crippen molar-refractivity contribution in [3.8, 4) is 11.5 Å². The molecule has 1 rings (SSSR count). The average molecular weight is 255 g/mol. The van der Waals surface area contributed by atoms with Crippen molar-refractivity contribution in [2.45, 2.75) is 0 Å². The van der Waals surface area contributed by atoms with Crippen molar-refractivity contribution in [3.63, 3.8) is 0 Å². The van der Waals surface area contributed by atoms with Gasteiger partial charge in [-0.2, -0.15) is 0 Å². The van der Waals surface area contributed by atoms with E-state index >= 15 is 0 Å². The Morgan fingerprint density at radius 3 is 2.13 bits per heavy atom. The molecule has 1 aromatic carbocycles. The predicted molar refractivity (Wildman–Crippen MR) is 68.0 cm³/mol. The number of hydrogen-bond acceptors (Lipinski definition) is 4. The second kappa shape index (κ2) is 7.31. The van der Waals surface area contributed by atoms with Crippen LogP contribution in [0.1, 0.15) is 0 Å². The molecule has 0 heterocycles. The first-order valence-electron chi connectivity index (χ1n) is 3.92. The summed E-state index contributed by atoms with van der Waals surface area (Å²) in [6.45, 7) is 0. The monoisotopic (exact) mass is 254 g/mol. The van der Waals surface area contributed by atoms with E-state index in [0.29, 0.717) is 17.2 Å². The highest BCUT2D eigenvalue weighted by molar-refractivity contribution is 5.85. The lowest BCUT2D eigenvalue weighted by molar-refractivity contribution is 0.399. The molecule has 4 nitrogen and oxygen atoms in total. The molecular weight excluding hydrogens is 239 g/mol. The topological polar surface area (TPSA) is 56.5 Å². The number of benzene rings is 1. The Balaban J connectivity index is 0. The lowest BCUT2D eigenvalue weighted by atomic mass is 10.2. The van der Waals surface area contributed by atoms with Crippen LogP contribution in [0.3, 0.4) is 0 Å². The summed E-state index contributed by atoms with van der Waals surface area (Å²) < 4.78 is 10.2. The van der Waals surface area contributed by atoms with Crippen LogP contribution in [-0.4, -0.2) is 21.3 Å². The summed E-state index contributed by atoms with van der Waals surface area (Å²) in [4.78, 5) is 0. The van der Waals surface area contributed by atoms with Gasteiger partial charge in [0.1, 0.15) is 11.4 Å². The Labute approximate surface area is 102 Å². The molecule has 0 saturated heterocycles. The number of nitrogens with two attached hydrogens (primary N) is 1. The van der Waals surface area contributed by atoms with Crippen molar-refractivity contribution in [3.05, 3.63) is 12.1 Å². The molecule has 0 aliphatic rings. The second-order valence-electron chi connectivity index (χ2n) is 2.51. The molecule has 0 fully saturated rings. The fraction of sp³-hybridized carbons (Fsp3) is 0.333. The zero-order valence-electron chi connectivity index (χ0n) is 8.87. The Hall–Kier alpha value is -1.00. The fourth-order valence-electron chi connectivity index (χ4n) is 1.18. The van der Waals surface area contributed by atoms with Crippen LogP contribution < -0.4 is 20.5 Å². The normalized spacial score (nSPS) is 8.20. The fourth-order valence-corrected chi connectivity index (χ4v) is 1.18. The summed E-state index contributed by atoms with van der Waals surface area (Å²) in [5.41, 5.74) is 7.15. The van der Waals surface area contributed by atoms with Gasteiger partial charge in [0.05, 0.1) is 19.9 Å². The summed E-state index contributed by atoms with van der Waals surface area (Å²) in [5.74, 6) is 1.23. The van der Waals surface area contributed by atoms with Crippen molar-refractivity contribution in [1.82, 2.24) is 0 Å². The van der Waals surface area contributed by atoms with E-state index in [0.717, 1.165) is 5.69 Å². The summed E-state index contributed by atoms with van der Waals surface area (Å²) in [7, 11) is 4.96. The smallest absolute Gasteiger partial charge is 0.168 e. The van der Waals surface area contributed by atoms with Gasteiger partial charge in [-0.1, -0.05) is 0 Å². The zero-order valence-corrected chi connectivity index (χ0v) is 10.5. The molecule has 0 bridgehead atoms. The highest BCUT2D eigenvalue weighted by atomic mass is 35.5. The third-order valence-electron chi connectivity index (χ3n) is 1.85. The number of halogens is 2. The molecule has 0 atom stereocenters. The molecule has 0 spiro atoms. The van der Waals surface area contributed by atoms with Crippen LogP contribution in [0.5, 0.6) is 11.5 Å². The molecule has 0 aromatic heterocycles. The molecule has 0 aliphatic heterocycles. The van der Waals surface area contributed by atoms with E-state index in [1.807, 2.05) is 13.1 Å². The van der Waals surface area contributed by atoms with Gasteiger partial charge in [0, 0.05) is 7.05 Å². The van der Waals surface area contributed by atoms with Gasteiger partial charge in [-0.25, -0.2) is 0 Å². The number of anilines is 2. The third kappa shape index (κ3) is 3.25. The van der Waals surface area contributed by atoms with Crippen LogP contribution in [0.15, 0.2) is 12.1 Å². The number of ether oxygens (including phenoxy) is 2. The van der Waals surface area contributed by atoms with Gasteiger partial charge in [0.2, 0.25) is 0 Å². The molecule has 0 amide bonds. The van der Waals surface area contributed by atoms with Crippen LogP contribution in [-0.2, 0) is 0 Å². The Morgan fingerprint density at radius 1 is 1.13 bits per heavy atom. The Morgan fingerprint density at radius 2 is 1.73 bits per heavy atom. The second-order valence-corrected chi connectivity index (χ2v) is 2.51. The molecular formula is C9H16Cl2N2O2. The maximum Gasteiger partial charge on any atom is 0.168 e. The third-order valence-corrected chi connectivity index (χ3v) is 1.85. The van der Waals surface area contributed by atoms with Crippen molar-refractivity contribution in [2.75, 3.05) is 32.3 Å². The minimum atomic E-state index is 0. The van der Waals surface area contributed by atoms with Gasteiger partial charge in [-0.15, -0.1) is 24.8 Å². The molecule has 6 heteroatoms. The number of hydrogen-bond donors (Lipinski definition) is 2. The highest BCUT2D eigenvalue weighted by Crippen LogP contribution is 2.37. The molecule has 1 aromatic rings. The van der Waals surface area contributed by atoms with Gasteiger partial charge >= 0.3 is 0 Å². The minimum Gasteiger partial charge on any atom is -0.494 e. The molecule has 0 saturated carbocycles. The quantitative estimate of drug-likeness (QED) is 0.813. The van der Waals surface area contributed by atoms with Gasteiger partial charge in [0.15, 0.2) is 5.75 Å². The van der Waals surface area contributed by atoms with E-state index in [9.17, 15) is 0 Å². The summed E-state index contributed by atoms with van der Waals surface area (Å²) in [6, 6.07) is 3.65. The molecule has 0 aliphatic carbocycles. The number of methoxy groups -OCH3 is 2. The van der Waals surface area contributed by atoms with E-state index in [4.69, 9.17) is 15.2 Å². The van der Waals surface area contributed by atoms with E-state index < -0.39 is 0 Å². The molecule has 15 heavy (non-hydrogen) atoms. The SMILES string of the molecule is CNc1ccc(OC)c(N)c1OC.Cl.Cl. The minimum absolute atomic E-state index is 0. The first-order valence-corrected chi connectivity index (χ1v) is 3.92. The van der Waals surface area contributed by atoms with Gasteiger partial charge < -0.3 is 20.5 Å². The van der Waals surface area contributed by atoms with Crippen LogP contribution >= 0.6 is 24.8 Å². The van der Waals surface area contributed by atoms with Crippen LogP contribution in [0.4, 0.5) is 11.4 Å². The Kier molecular flexibility index (Phi) is 8.01. The maximum absolute atomic E-state index is 5.79. The summed E-state index contributed by atoms with van der Waals surface area (Å²) in [6.07, 6.45) is 0. The van der Waals surface area contributed by atoms with Crippen molar-refractivity contribution in [2.24, 2.45) is 0 Å². The number of nitrogens with one attached hydrogen (secondary N) is 1. The van der Waals surface area contributed by atoms with Crippen LogP contribution in [0, 0.1) is 0 Å². The molecule has 3 N–H and O–H groups in total. The first-order chi connectivity index (χ1) is 6.24. The standard InChI is InChI=1S/C9H14N2O2.2ClH/c1-11-6-4-5-7(12-2)8(10)9(6)13-3;;/h4-5,11H,10H2,1-3H3;2*1H. The lowest BCUT2D eigenvalue weighted by Gasteiger charge is -2.13. The predicted octanol–water partition coefficient (Wildman–Crippen LogP) is 2.17. The van der Waals surface area contributed by atoms with Crippen molar-refractivity contribution >= 4 is 36.2 Å². The summed E-state index contributed by atoms with van der Waals surface area (Å²) >= 11 is 0. The van der Waals surface area contributed by atoms with E-state index in [-0.39, 0.29) is 24.8 Å². The van der Waals surface area contributed by atoms with Crippen molar-refractivity contribution in [1.29, 1.82) is 0 Å². The molecule has 0 radical (unpaired) electrons. The number of nitrogen functional groups attached to an aromatic ring is 1. The molecule has 88 valence electrons. The maximum atomic E-state index is 5.79. The highest BCUT2D eigenvalue weighted by Gasteiger charge is 2.10.